The summed E-state index contributed by atoms with van der Waals surface area (Å²) >= 11 is -0.556. The van der Waals surface area contributed by atoms with Crippen molar-refractivity contribution < 1.29 is 0 Å². The number of hydrogen-bond donors (Lipinski definition) is 2. The van der Waals surface area contributed by atoms with E-state index in [1.165, 1.54) is 0 Å². The fourth-order valence-corrected chi connectivity index (χ4v) is 0.884. The molecule has 0 aliphatic carbocycles. The first kappa shape index (κ1) is 13.3. The van der Waals surface area contributed by atoms with E-state index in [1.807, 2.05) is 24.3 Å². The Morgan fingerprint density at radius 3 is 1.77 bits per heavy atom. The standard InChI is InChI=1S/C8H12N2.Cl2Ge/c9-5-7-2-1-3-8(4-7)6-10;1-3-2/h1-4H,5-6,9-10H2;. The Hall–Kier alpha value is 0.263. The molecule has 13 heavy (non-hydrogen) atoms. The molecule has 5 heteroatoms. The average Bonchev–Trinajstić information content (AvgIpc) is 2.19. The van der Waals surface area contributed by atoms with Crippen LogP contribution < -0.4 is 11.5 Å². The van der Waals surface area contributed by atoms with Crippen LogP contribution in [0.4, 0.5) is 0 Å². The molecule has 0 spiro atoms. The molecule has 2 nitrogen and oxygen atoms in total. The first-order valence-electron chi connectivity index (χ1n) is 3.72. The van der Waals surface area contributed by atoms with E-state index >= 15 is 0 Å². The van der Waals surface area contributed by atoms with Gasteiger partial charge in [-0.3, -0.25) is 0 Å². The monoisotopic (exact) mass is 280 g/mol. The summed E-state index contributed by atoms with van der Waals surface area (Å²) in [5.41, 5.74) is 13.1. The van der Waals surface area contributed by atoms with Crippen LogP contribution in [0.5, 0.6) is 0 Å². The molecule has 0 unspecified atom stereocenters. The van der Waals surface area contributed by atoms with Crippen LogP contribution in [0.15, 0.2) is 24.3 Å². The summed E-state index contributed by atoms with van der Waals surface area (Å²) in [7, 11) is 9.78. The Bertz CT molecular complexity index is 214. The van der Waals surface area contributed by atoms with Gasteiger partial charge < -0.3 is 11.5 Å². The molecule has 0 aliphatic rings. The summed E-state index contributed by atoms with van der Waals surface area (Å²) in [6.45, 7) is 1.18. The maximum atomic E-state index is 5.43. The van der Waals surface area contributed by atoms with Crippen molar-refractivity contribution in [1.29, 1.82) is 0 Å². The molecule has 1 aromatic carbocycles. The van der Waals surface area contributed by atoms with Gasteiger partial charge in [0.15, 0.2) is 0 Å². The van der Waals surface area contributed by atoms with E-state index in [0.29, 0.717) is 13.1 Å². The van der Waals surface area contributed by atoms with Crippen molar-refractivity contribution in [2.45, 2.75) is 13.1 Å². The van der Waals surface area contributed by atoms with Crippen LogP contribution >= 0.6 is 20.0 Å². The molecule has 4 N–H and O–H groups in total. The molecule has 1 aromatic rings. The van der Waals surface area contributed by atoms with Gasteiger partial charge in [-0.25, -0.2) is 0 Å². The first-order valence-corrected chi connectivity index (χ1v) is 9.24. The number of rotatable bonds is 2. The quantitative estimate of drug-likeness (QED) is 0.808. The zero-order chi connectivity index (χ0) is 10.1. The molecule has 0 saturated heterocycles. The third-order valence-corrected chi connectivity index (χ3v) is 1.46. The second kappa shape index (κ2) is 8.84. The third kappa shape index (κ3) is 6.35. The van der Waals surface area contributed by atoms with Crippen LogP contribution in [0, 0.1) is 0 Å². The van der Waals surface area contributed by atoms with Gasteiger partial charge in [0.1, 0.15) is 0 Å². The zero-order valence-corrected chi connectivity index (χ0v) is 10.7. The molecule has 0 saturated carbocycles. The van der Waals surface area contributed by atoms with Crippen molar-refractivity contribution in [2.24, 2.45) is 11.5 Å². The Morgan fingerprint density at radius 1 is 1.08 bits per heavy atom. The Labute approximate surface area is 93.4 Å². The van der Waals surface area contributed by atoms with Gasteiger partial charge in [0.2, 0.25) is 0 Å². The van der Waals surface area contributed by atoms with Gasteiger partial charge in [0.25, 0.3) is 0 Å². The Balaban J connectivity index is 0.000000424. The van der Waals surface area contributed by atoms with Gasteiger partial charge in [0, 0.05) is 13.1 Å². The second-order valence-electron chi connectivity index (χ2n) is 2.30. The summed E-state index contributed by atoms with van der Waals surface area (Å²) in [6.07, 6.45) is 0. The first-order chi connectivity index (χ1) is 6.28. The number of halogens is 2. The van der Waals surface area contributed by atoms with Gasteiger partial charge in [0.05, 0.1) is 0 Å². The van der Waals surface area contributed by atoms with Gasteiger partial charge in [-0.05, 0) is 11.1 Å². The summed E-state index contributed by atoms with van der Waals surface area (Å²) in [6, 6.07) is 8.00. The van der Waals surface area contributed by atoms with Crippen molar-refractivity contribution in [3.63, 3.8) is 0 Å². The molecule has 0 fully saturated rings. The molecule has 0 aromatic heterocycles. The molecule has 0 bridgehead atoms. The molecule has 0 aliphatic heterocycles. The summed E-state index contributed by atoms with van der Waals surface area (Å²) in [5, 5.41) is 0. The van der Waals surface area contributed by atoms with Gasteiger partial charge in [-0.2, -0.15) is 0 Å². The predicted octanol–water partition coefficient (Wildman–Crippen LogP) is 1.60. The Morgan fingerprint density at radius 2 is 1.46 bits per heavy atom. The molecule has 0 amide bonds. The minimum atomic E-state index is -0.556. The Kier molecular flexibility index (Phi) is 9.02. The summed E-state index contributed by atoms with van der Waals surface area (Å²) < 4.78 is 0. The van der Waals surface area contributed by atoms with Crippen LogP contribution in [0.2, 0.25) is 0 Å². The number of nitrogens with two attached hydrogens (primary N) is 2. The van der Waals surface area contributed by atoms with Crippen LogP contribution in [0.25, 0.3) is 0 Å². The number of hydrogen-bond acceptors (Lipinski definition) is 2. The average molecular weight is 280 g/mol. The van der Waals surface area contributed by atoms with E-state index in [9.17, 15) is 0 Å². The van der Waals surface area contributed by atoms with E-state index in [2.05, 4.69) is 0 Å². The fourth-order valence-electron chi connectivity index (χ4n) is 0.884. The van der Waals surface area contributed by atoms with Gasteiger partial charge >= 0.3 is 33.6 Å². The number of benzene rings is 1. The molecule has 2 radical (unpaired) electrons. The fraction of sp³-hybridized carbons (Fsp3) is 0.250. The third-order valence-electron chi connectivity index (χ3n) is 1.46. The van der Waals surface area contributed by atoms with E-state index in [0.717, 1.165) is 11.1 Å². The molecule has 1 rings (SSSR count). The van der Waals surface area contributed by atoms with Crippen molar-refractivity contribution in [1.82, 2.24) is 0 Å². The summed E-state index contributed by atoms with van der Waals surface area (Å²) in [5.74, 6) is 0. The van der Waals surface area contributed by atoms with E-state index in [4.69, 9.17) is 31.5 Å². The molecular weight excluding hydrogens is 268 g/mol. The maximum absolute atomic E-state index is 5.43. The second-order valence-corrected chi connectivity index (χ2v) is 5.57. The van der Waals surface area contributed by atoms with Gasteiger partial charge in [-0.1, -0.05) is 24.3 Å². The normalized spacial score (nSPS) is 8.92. The van der Waals surface area contributed by atoms with Crippen LogP contribution in [0.3, 0.4) is 0 Å². The van der Waals surface area contributed by atoms with Gasteiger partial charge in [-0.15, -0.1) is 0 Å². The van der Waals surface area contributed by atoms with Crippen molar-refractivity contribution in [2.75, 3.05) is 0 Å². The van der Waals surface area contributed by atoms with Crippen molar-refractivity contribution >= 4 is 33.6 Å². The van der Waals surface area contributed by atoms with Crippen molar-refractivity contribution in [3.8, 4) is 0 Å². The van der Waals surface area contributed by atoms with Crippen LogP contribution in [0.1, 0.15) is 11.1 Å². The predicted molar refractivity (Wildman–Crippen MR) is 59.7 cm³/mol. The molecule has 0 heterocycles. The summed E-state index contributed by atoms with van der Waals surface area (Å²) in [4.78, 5) is 0. The zero-order valence-electron chi connectivity index (χ0n) is 7.13. The van der Waals surface area contributed by atoms with E-state index in [-0.39, 0.29) is 0 Å². The molecular formula is C8H12Cl2GeN2. The topological polar surface area (TPSA) is 52.0 Å². The molecule has 0 atom stereocenters. The minimum absolute atomic E-state index is 0.556. The van der Waals surface area contributed by atoms with E-state index in [1.54, 1.807) is 0 Å². The van der Waals surface area contributed by atoms with Crippen molar-refractivity contribution in [3.05, 3.63) is 35.4 Å². The SMILES string of the molecule is NCc1cccc(CN)c1.[Cl][Ge][Cl]. The molecule has 72 valence electrons. The van der Waals surface area contributed by atoms with E-state index < -0.39 is 13.6 Å². The van der Waals surface area contributed by atoms with Crippen LogP contribution in [-0.2, 0) is 13.1 Å². The van der Waals surface area contributed by atoms with Crippen LogP contribution in [-0.4, -0.2) is 13.6 Å².